The molecule has 0 aliphatic heterocycles. The van der Waals surface area contributed by atoms with Crippen molar-refractivity contribution in [3.8, 4) is 0 Å². The van der Waals surface area contributed by atoms with Crippen LogP contribution in [0.15, 0.2) is 5.38 Å². The first-order valence-corrected chi connectivity index (χ1v) is 8.07. The van der Waals surface area contributed by atoms with Crippen molar-refractivity contribution < 1.29 is 8.42 Å². The second-order valence-corrected chi connectivity index (χ2v) is 7.12. The number of hydrogen-bond acceptors (Lipinski definition) is 5. The number of nitrogens with zero attached hydrogens (tertiary/aromatic N) is 1. The zero-order chi connectivity index (χ0) is 12.3. The van der Waals surface area contributed by atoms with E-state index in [9.17, 15) is 8.42 Å². The number of sulfone groups is 1. The predicted octanol–water partition coefficient (Wildman–Crippen LogP) is 1.92. The van der Waals surface area contributed by atoms with Crippen LogP contribution in [0.5, 0.6) is 0 Å². The average molecular weight is 262 g/mol. The van der Waals surface area contributed by atoms with Crippen molar-refractivity contribution in [2.45, 2.75) is 32.1 Å². The van der Waals surface area contributed by atoms with E-state index in [0.717, 1.165) is 12.2 Å². The van der Waals surface area contributed by atoms with Crippen molar-refractivity contribution in [1.29, 1.82) is 0 Å². The maximum Gasteiger partial charge on any atom is 0.156 e. The molecule has 1 N–H and O–H groups in total. The van der Waals surface area contributed by atoms with Crippen molar-refractivity contribution in [3.05, 3.63) is 16.1 Å². The van der Waals surface area contributed by atoms with Gasteiger partial charge < -0.3 is 5.32 Å². The van der Waals surface area contributed by atoms with Gasteiger partial charge in [0.05, 0.1) is 5.69 Å². The number of rotatable bonds is 5. The third-order valence-electron chi connectivity index (χ3n) is 2.48. The maximum absolute atomic E-state index is 11.4. The van der Waals surface area contributed by atoms with Gasteiger partial charge in [-0.15, -0.1) is 11.3 Å². The lowest BCUT2D eigenvalue weighted by Gasteiger charge is -2.09. The van der Waals surface area contributed by atoms with Crippen LogP contribution in [0.1, 0.15) is 42.8 Å². The molecular weight excluding hydrogens is 244 g/mol. The Morgan fingerprint density at radius 3 is 2.62 bits per heavy atom. The van der Waals surface area contributed by atoms with E-state index in [4.69, 9.17) is 0 Å². The Morgan fingerprint density at radius 2 is 2.12 bits per heavy atom. The normalized spacial score (nSPS) is 16.0. The van der Waals surface area contributed by atoms with Gasteiger partial charge in [0.1, 0.15) is 10.3 Å². The van der Waals surface area contributed by atoms with Gasteiger partial charge in [0.2, 0.25) is 0 Å². The molecule has 0 saturated heterocycles. The van der Waals surface area contributed by atoms with Crippen LogP contribution in [-0.4, -0.2) is 26.2 Å². The minimum atomic E-state index is -3.05. The van der Waals surface area contributed by atoms with Crippen LogP contribution in [0.2, 0.25) is 0 Å². The highest BCUT2D eigenvalue weighted by Gasteiger charge is 2.21. The molecular formula is C10H18N2O2S2. The molecule has 6 heteroatoms. The van der Waals surface area contributed by atoms with E-state index < -0.39 is 15.1 Å². The molecule has 4 nitrogen and oxygen atoms in total. The van der Waals surface area contributed by atoms with E-state index in [-0.39, 0.29) is 6.04 Å². The van der Waals surface area contributed by atoms with Crippen LogP contribution < -0.4 is 5.32 Å². The molecule has 0 aliphatic carbocycles. The van der Waals surface area contributed by atoms with E-state index in [2.05, 4.69) is 10.3 Å². The summed E-state index contributed by atoms with van der Waals surface area (Å²) in [6.45, 7) is 6.60. The lowest BCUT2D eigenvalue weighted by molar-refractivity contribution is 0.580. The summed E-state index contributed by atoms with van der Waals surface area (Å²) in [5.41, 5.74) is 0.914. The molecule has 2 unspecified atom stereocenters. The van der Waals surface area contributed by atoms with Crippen molar-refractivity contribution in [2.24, 2.45) is 0 Å². The van der Waals surface area contributed by atoms with Gasteiger partial charge in [-0.2, -0.15) is 0 Å². The number of thiazole rings is 1. The molecule has 92 valence electrons. The number of aromatic nitrogens is 1. The predicted molar refractivity (Wildman–Crippen MR) is 67.5 cm³/mol. The van der Waals surface area contributed by atoms with E-state index in [1.54, 1.807) is 6.92 Å². The summed E-state index contributed by atoms with van der Waals surface area (Å²) < 4.78 is 22.8. The largest absolute Gasteiger partial charge is 0.309 e. The van der Waals surface area contributed by atoms with Crippen molar-refractivity contribution in [3.63, 3.8) is 0 Å². The Hall–Kier alpha value is -0.460. The quantitative estimate of drug-likeness (QED) is 0.880. The van der Waals surface area contributed by atoms with Gasteiger partial charge in [0.15, 0.2) is 9.84 Å². The Balaban J connectivity index is 2.87. The molecule has 0 bridgehead atoms. The summed E-state index contributed by atoms with van der Waals surface area (Å²) in [5.74, 6) is 0. The highest BCUT2D eigenvalue weighted by atomic mass is 32.2. The van der Waals surface area contributed by atoms with Crippen molar-refractivity contribution >= 4 is 21.2 Å². The van der Waals surface area contributed by atoms with Gasteiger partial charge in [-0.05, 0) is 20.4 Å². The second-order valence-electron chi connectivity index (χ2n) is 3.86. The van der Waals surface area contributed by atoms with E-state index >= 15 is 0 Å². The molecule has 1 heterocycles. The molecule has 0 aliphatic rings. The maximum atomic E-state index is 11.4. The summed E-state index contributed by atoms with van der Waals surface area (Å²) >= 11 is 1.41. The Bertz CT molecular complexity index is 439. The van der Waals surface area contributed by atoms with Gasteiger partial charge in [-0.3, -0.25) is 0 Å². The molecule has 0 amide bonds. The van der Waals surface area contributed by atoms with Gasteiger partial charge in [-0.25, -0.2) is 13.4 Å². The topological polar surface area (TPSA) is 59.1 Å². The molecule has 2 atom stereocenters. The molecule has 1 aromatic heterocycles. The Labute approximate surface area is 101 Å². The molecule has 0 saturated carbocycles. The van der Waals surface area contributed by atoms with Crippen molar-refractivity contribution in [1.82, 2.24) is 10.3 Å². The summed E-state index contributed by atoms with van der Waals surface area (Å²) in [6, 6.07) is 0.168. The van der Waals surface area contributed by atoms with Crippen LogP contribution in [0, 0.1) is 0 Å². The summed E-state index contributed by atoms with van der Waals surface area (Å²) in [6.07, 6.45) is 1.24. The van der Waals surface area contributed by atoms with Crippen LogP contribution in [0.25, 0.3) is 0 Å². The minimum Gasteiger partial charge on any atom is -0.309 e. The lowest BCUT2D eigenvalue weighted by Crippen LogP contribution is -2.18. The van der Waals surface area contributed by atoms with Gasteiger partial charge >= 0.3 is 0 Å². The number of hydrogen-bond donors (Lipinski definition) is 1. The SMILES string of the molecule is CCNC(C)c1csc(C(C)S(C)(=O)=O)n1. The van der Waals surface area contributed by atoms with Gasteiger partial charge in [-0.1, -0.05) is 6.92 Å². The van der Waals surface area contributed by atoms with Crippen LogP contribution >= 0.6 is 11.3 Å². The molecule has 1 rings (SSSR count). The monoisotopic (exact) mass is 262 g/mol. The fraction of sp³-hybridized carbons (Fsp3) is 0.700. The Morgan fingerprint density at radius 1 is 1.50 bits per heavy atom. The molecule has 1 aromatic rings. The highest BCUT2D eigenvalue weighted by Crippen LogP contribution is 2.26. The van der Waals surface area contributed by atoms with Gasteiger partial charge in [0, 0.05) is 17.7 Å². The summed E-state index contributed by atoms with van der Waals surface area (Å²) in [5, 5.41) is 5.32. The lowest BCUT2D eigenvalue weighted by atomic mass is 10.2. The fourth-order valence-electron chi connectivity index (χ4n) is 1.28. The van der Waals surface area contributed by atoms with Crippen LogP contribution in [-0.2, 0) is 9.84 Å². The van der Waals surface area contributed by atoms with Crippen molar-refractivity contribution in [2.75, 3.05) is 12.8 Å². The molecule has 0 fully saturated rings. The van der Waals surface area contributed by atoms with Crippen LogP contribution in [0.3, 0.4) is 0 Å². The third kappa shape index (κ3) is 3.26. The first kappa shape index (κ1) is 13.6. The van der Waals surface area contributed by atoms with E-state index in [0.29, 0.717) is 5.01 Å². The fourth-order valence-corrected chi connectivity index (χ4v) is 3.24. The third-order valence-corrected chi connectivity index (χ3v) is 5.19. The van der Waals surface area contributed by atoms with Crippen LogP contribution in [0.4, 0.5) is 0 Å². The molecule has 16 heavy (non-hydrogen) atoms. The first-order valence-electron chi connectivity index (χ1n) is 5.23. The van der Waals surface area contributed by atoms with Gasteiger partial charge in [0.25, 0.3) is 0 Å². The zero-order valence-electron chi connectivity index (χ0n) is 10.0. The standard InChI is InChI=1S/C10H18N2O2S2/c1-5-11-7(2)9-6-15-10(12-9)8(3)16(4,13)14/h6-8,11H,5H2,1-4H3. The van der Waals surface area contributed by atoms with E-state index in [1.807, 2.05) is 19.2 Å². The zero-order valence-corrected chi connectivity index (χ0v) is 11.7. The molecule has 0 spiro atoms. The molecule has 0 aromatic carbocycles. The first-order chi connectivity index (χ1) is 7.36. The summed E-state index contributed by atoms with van der Waals surface area (Å²) in [4.78, 5) is 4.37. The average Bonchev–Trinajstić information content (AvgIpc) is 2.64. The minimum absolute atomic E-state index is 0.168. The smallest absolute Gasteiger partial charge is 0.156 e. The van der Waals surface area contributed by atoms with E-state index in [1.165, 1.54) is 17.6 Å². The number of nitrogens with one attached hydrogen (secondary N) is 1. The second kappa shape index (κ2) is 5.25. The molecule has 0 radical (unpaired) electrons. The Kier molecular flexibility index (Phi) is 4.46. The highest BCUT2D eigenvalue weighted by molar-refractivity contribution is 7.91. The summed E-state index contributed by atoms with van der Waals surface area (Å²) in [7, 11) is -3.05.